The molecule has 33 heavy (non-hydrogen) atoms. The Kier molecular flexibility index (Phi) is 6.27. The van der Waals surface area contributed by atoms with Crippen LogP contribution in [0.3, 0.4) is 0 Å². The van der Waals surface area contributed by atoms with Crippen LogP contribution in [0.5, 0.6) is 11.5 Å². The molecular formula is C27H29NO5. The summed E-state index contributed by atoms with van der Waals surface area (Å²) >= 11 is 0. The van der Waals surface area contributed by atoms with Crippen LogP contribution in [0.15, 0.2) is 71.1 Å². The van der Waals surface area contributed by atoms with Crippen molar-refractivity contribution in [2.45, 2.75) is 51.6 Å². The van der Waals surface area contributed by atoms with Gasteiger partial charge in [0.1, 0.15) is 11.5 Å². The first kappa shape index (κ1) is 22.6. The van der Waals surface area contributed by atoms with E-state index in [4.69, 9.17) is 9.47 Å². The normalized spacial score (nSPS) is 20.5. The highest BCUT2D eigenvalue weighted by atomic mass is 16.5. The highest BCUT2D eigenvalue weighted by molar-refractivity contribution is 6.04. The molecule has 0 saturated carbocycles. The van der Waals surface area contributed by atoms with E-state index in [0.29, 0.717) is 35.2 Å². The summed E-state index contributed by atoms with van der Waals surface area (Å²) in [4.78, 5) is 26.7. The largest absolute Gasteiger partial charge is 0.508 e. The van der Waals surface area contributed by atoms with Crippen LogP contribution in [0, 0.1) is 0 Å². The topological polar surface area (TPSA) is 84.9 Å². The fourth-order valence-corrected chi connectivity index (χ4v) is 4.85. The molecule has 2 aliphatic rings. The van der Waals surface area contributed by atoms with Gasteiger partial charge in [0.25, 0.3) is 0 Å². The van der Waals surface area contributed by atoms with Gasteiger partial charge in [0, 0.05) is 35.2 Å². The van der Waals surface area contributed by atoms with Crippen molar-refractivity contribution in [3.63, 3.8) is 0 Å². The van der Waals surface area contributed by atoms with E-state index in [-0.39, 0.29) is 23.6 Å². The number of nitrogens with one attached hydrogen (secondary N) is 1. The van der Waals surface area contributed by atoms with Gasteiger partial charge in [-0.15, -0.1) is 0 Å². The van der Waals surface area contributed by atoms with Gasteiger partial charge in [0.15, 0.2) is 5.78 Å². The highest BCUT2D eigenvalue weighted by Crippen LogP contribution is 2.47. The third-order valence-corrected chi connectivity index (χ3v) is 6.17. The molecule has 6 nitrogen and oxygen atoms in total. The molecule has 0 radical (unpaired) electrons. The maximum atomic E-state index is 13.6. The SMILES string of the molecule is COc1ccccc1C1CC(=O)C2=C(C1)NC(C)=C(C(=O)OC(C)C)C2c1cccc(O)c1. The second-order valence-electron chi connectivity index (χ2n) is 8.81. The van der Waals surface area contributed by atoms with Crippen LogP contribution in [-0.4, -0.2) is 30.1 Å². The van der Waals surface area contributed by atoms with Gasteiger partial charge < -0.3 is 19.9 Å². The molecular weight excluding hydrogens is 418 g/mol. The quantitative estimate of drug-likeness (QED) is 0.646. The van der Waals surface area contributed by atoms with Crippen LogP contribution in [0.1, 0.15) is 56.6 Å². The molecule has 1 heterocycles. The lowest BCUT2D eigenvalue weighted by Gasteiger charge is -2.37. The van der Waals surface area contributed by atoms with Crippen LogP contribution < -0.4 is 10.1 Å². The third-order valence-electron chi connectivity index (χ3n) is 6.17. The Morgan fingerprint density at radius 1 is 1.12 bits per heavy atom. The predicted molar refractivity (Wildman–Crippen MR) is 125 cm³/mol. The molecule has 1 aliphatic carbocycles. The van der Waals surface area contributed by atoms with Crippen molar-refractivity contribution in [2.75, 3.05) is 7.11 Å². The molecule has 0 saturated heterocycles. The molecule has 2 atom stereocenters. The summed E-state index contributed by atoms with van der Waals surface area (Å²) in [7, 11) is 1.63. The summed E-state index contributed by atoms with van der Waals surface area (Å²) in [5.74, 6) is -0.303. The number of carbonyl (C=O) groups is 2. The summed E-state index contributed by atoms with van der Waals surface area (Å²) in [6.07, 6.45) is 0.623. The number of allylic oxidation sites excluding steroid dienone is 3. The number of aromatic hydroxyl groups is 1. The van der Waals surface area contributed by atoms with Crippen molar-refractivity contribution in [1.82, 2.24) is 5.32 Å². The minimum Gasteiger partial charge on any atom is -0.508 e. The zero-order valence-electron chi connectivity index (χ0n) is 19.3. The van der Waals surface area contributed by atoms with Gasteiger partial charge >= 0.3 is 5.97 Å². The van der Waals surface area contributed by atoms with Crippen LogP contribution in [0.2, 0.25) is 0 Å². The van der Waals surface area contributed by atoms with E-state index in [9.17, 15) is 14.7 Å². The van der Waals surface area contributed by atoms with E-state index >= 15 is 0 Å². The number of ketones is 1. The number of phenolic OH excluding ortho intramolecular Hbond substituents is 1. The number of hydrogen-bond donors (Lipinski definition) is 2. The lowest BCUT2D eigenvalue weighted by Crippen LogP contribution is -2.36. The van der Waals surface area contributed by atoms with E-state index in [1.165, 1.54) is 0 Å². The Morgan fingerprint density at radius 3 is 2.58 bits per heavy atom. The van der Waals surface area contributed by atoms with Gasteiger partial charge in [-0.25, -0.2) is 4.79 Å². The van der Waals surface area contributed by atoms with Gasteiger partial charge in [0.05, 0.1) is 18.8 Å². The Bertz CT molecular complexity index is 1160. The molecule has 0 bridgehead atoms. The first-order valence-electron chi connectivity index (χ1n) is 11.2. The number of hydrogen-bond acceptors (Lipinski definition) is 6. The van der Waals surface area contributed by atoms with Crippen molar-refractivity contribution >= 4 is 11.8 Å². The number of para-hydroxylation sites is 1. The van der Waals surface area contributed by atoms with Crippen molar-refractivity contribution in [3.8, 4) is 11.5 Å². The van der Waals surface area contributed by atoms with Crippen molar-refractivity contribution in [3.05, 3.63) is 82.2 Å². The van der Waals surface area contributed by atoms with Crippen LogP contribution in [0.4, 0.5) is 0 Å². The lowest BCUT2D eigenvalue weighted by molar-refractivity contribution is -0.143. The number of carbonyl (C=O) groups excluding carboxylic acids is 2. The van der Waals surface area contributed by atoms with Crippen molar-refractivity contribution in [2.24, 2.45) is 0 Å². The minimum atomic E-state index is -0.606. The summed E-state index contributed by atoms with van der Waals surface area (Å²) < 4.78 is 11.1. The fraction of sp³-hybridized carbons (Fsp3) is 0.333. The zero-order chi connectivity index (χ0) is 23.7. The number of rotatable bonds is 5. The van der Waals surface area contributed by atoms with Gasteiger partial charge in [-0.3, -0.25) is 4.79 Å². The fourth-order valence-electron chi connectivity index (χ4n) is 4.85. The molecule has 0 spiro atoms. The van der Waals surface area contributed by atoms with Gasteiger partial charge in [-0.2, -0.15) is 0 Å². The monoisotopic (exact) mass is 447 g/mol. The molecule has 2 N–H and O–H groups in total. The molecule has 4 rings (SSSR count). The summed E-state index contributed by atoms with van der Waals surface area (Å²) in [5.41, 5.74) is 4.09. The average Bonchev–Trinajstić information content (AvgIpc) is 2.77. The standard InChI is InChI=1S/C27H29NO5/c1-15(2)33-27(31)24-16(3)28-21-13-18(20-10-5-6-11-23(20)32-4)14-22(30)26(21)25(24)17-8-7-9-19(29)12-17/h5-12,15,18,25,28-29H,13-14H2,1-4H3. The van der Waals surface area contributed by atoms with E-state index in [1.54, 1.807) is 39.2 Å². The smallest absolute Gasteiger partial charge is 0.337 e. The van der Waals surface area contributed by atoms with Crippen molar-refractivity contribution in [1.29, 1.82) is 0 Å². The number of methoxy groups -OCH3 is 1. The second kappa shape index (κ2) is 9.14. The Balaban J connectivity index is 1.81. The molecule has 6 heteroatoms. The number of Topliss-reactive ketones (excluding diaryl/α,β-unsaturated/α-hetero) is 1. The minimum absolute atomic E-state index is 0.0321. The molecule has 0 amide bonds. The first-order chi connectivity index (χ1) is 15.8. The maximum absolute atomic E-state index is 13.6. The average molecular weight is 448 g/mol. The third kappa shape index (κ3) is 4.38. The highest BCUT2D eigenvalue weighted by Gasteiger charge is 2.42. The summed E-state index contributed by atoms with van der Waals surface area (Å²) in [6.45, 7) is 5.41. The summed E-state index contributed by atoms with van der Waals surface area (Å²) in [5, 5.41) is 13.5. The van der Waals surface area contributed by atoms with Gasteiger partial charge in [0.2, 0.25) is 0 Å². The number of ether oxygens (including phenoxy) is 2. The van der Waals surface area contributed by atoms with E-state index < -0.39 is 11.9 Å². The Hall–Kier alpha value is -3.54. The molecule has 0 fully saturated rings. The van der Waals surface area contributed by atoms with E-state index in [2.05, 4.69) is 5.32 Å². The molecule has 172 valence electrons. The van der Waals surface area contributed by atoms with E-state index in [0.717, 1.165) is 17.0 Å². The number of benzene rings is 2. The Morgan fingerprint density at radius 2 is 1.88 bits per heavy atom. The van der Waals surface area contributed by atoms with Crippen LogP contribution in [0.25, 0.3) is 0 Å². The zero-order valence-corrected chi connectivity index (χ0v) is 19.3. The van der Waals surface area contributed by atoms with Crippen molar-refractivity contribution < 1.29 is 24.2 Å². The molecule has 2 aromatic rings. The number of dihydropyridines is 1. The molecule has 2 unspecified atom stereocenters. The number of esters is 1. The first-order valence-corrected chi connectivity index (χ1v) is 11.2. The molecule has 0 aromatic heterocycles. The molecule has 1 aliphatic heterocycles. The van der Waals surface area contributed by atoms with Crippen LogP contribution >= 0.6 is 0 Å². The van der Waals surface area contributed by atoms with Gasteiger partial charge in [-0.1, -0.05) is 30.3 Å². The lowest BCUT2D eigenvalue weighted by atomic mass is 9.71. The second-order valence-corrected chi connectivity index (χ2v) is 8.81. The summed E-state index contributed by atoms with van der Waals surface area (Å²) in [6, 6.07) is 14.5. The van der Waals surface area contributed by atoms with Gasteiger partial charge in [-0.05, 0) is 56.5 Å². The molecule has 2 aromatic carbocycles. The predicted octanol–water partition coefficient (Wildman–Crippen LogP) is 4.71. The maximum Gasteiger partial charge on any atom is 0.337 e. The Labute approximate surface area is 193 Å². The van der Waals surface area contributed by atoms with Crippen LogP contribution in [-0.2, 0) is 14.3 Å². The number of phenols is 1. The van der Waals surface area contributed by atoms with E-state index in [1.807, 2.05) is 37.3 Å².